The van der Waals surface area contributed by atoms with Crippen LogP contribution < -0.4 is 10.6 Å². The summed E-state index contributed by atoms with van der Waals surface area (Å²) in [5.41, 5.74) is 2.73. The fourth-order valence-corrected chi connectivity index (χ4v) is 6.56. The number of nitrogens with one attached hydrogen (secondary N) is 2. The molecule has 5 heteroatoms. The third kappa shape index (κ3) is 3.70. The van der Waals surface area contributed by atoms with Crippen molar-refractivity contribution >= 4 is 11.7 Å². The molecule has 4 aliphatic rings. The lowest BCUT2D eigenvalue weighted by Crippen LogP contribution is -2.55. The summed E-state index contributed by atoms with van der Waals surface area (Å²) in [6.07, 6.45) is 8.46. The quantitative estimate of drug-likeness (QED) is 0.581. The zero-order valence-electron chi connectivity index (χ0n) is 18.3. The molecule has 7 rings (SSSR count). The van der Waals surface area contributed by atoms with Gasteiger partial charge >= 0.3 is 0 Å². The second-order valence-corrected chi connectivity index (χ2v) is 9.94. The van der Waals surface area contributed by atoms with Crippen molar-refractivity contribution in [2.45, 2.75) is 44.7 Å². The zero-order valence-corrected chi connectivity index (χ0v) is 18.3. The van der Waals surface area contributed by atoms with E-state index in [9.17, 15) is 4.79 Å². The minimum Gasteiger partial charge on any atom is -0.364 e. The third-order valence-electron chi connectivity index (χ3n) is 7.81. The van der Waals surface area contributed by atoms with E-state index >= 15 is 0 Å². The Labute approximate surface area is 189 Å². The highest BCUT2D eigenvalue weighted by Gasteiger charge is 2.48. The molecule has 0 saturated heterocycles. The first-order valence-corrected chi connectivity index (χ1v) is 12.0. The largest absolute Gasteiger partial charge is 0.364 e. The maximum absolute atomic E-state index is 13.5. The number of para-hydroxylation sites is 1. The summed E-state index contributed by atoms with van der Waals surface area (Å²) in [6, 6.07) is 20.5. The van der Waals surface area contributed by atoms with Gasteiger partial charge in [0.25, 0.3) is 5.91 Å². The summed E-state index contributed by atoms with van der Waals surface area (Å²) >= 11 is 0. The molecular weight excluding hydrogens is 396 g/mol. The van der Waals surface area contributed by atoms with E-state index < -0.39 is 0 Å². The van der Waals surface area contributed by atoms with Gasteiger partial charge in [-0.2, -0.15) is 0 Å². The van der Waals surface area contributed by atoms with E-state index in [1.165, 1.54) is 32.1 Å². The Morgan fingerprint density at radius 1 is 0.875 bits per heavy atom. The second kappa shape index (κ2) is 8.12. The average Bonchev–Trinajstić information content (AvgIpc) is 3.25. The van der Waals surface area contributed by atoms with Gasteiger partial charge in [-0.3, -0.25) is 4.79 Å². The number of benzene rings is 2. The SMILES string of the molecule is O=C(NC1C2CC3CC(C2)CC1C3)c1cn(-c2ccccc2)nc1NCc1ccccc1. The molecule has 32 heavy (non-hydrogen) atoms. The van der Waals surface area contributed by atoms with E-state index in [1.807, 2.05) is 54.7 Å². The maximum atomic E-state index is 13.5. The average molecular weight is 427 g/mol. The van der Waals surface area contributed by atoms with Gasteiger partial charge in [0.15, 0.2) is 5.82 Å². The molecule has 0 unspecified atom stereocenters. The molecule has 3 aromatic rings. The monoisotopic (exact) mass is 426 g/mol. The fraction of sp³-hybridized carbons (Fsp3) is 0.407. The van der Waals surface area contributed by atoms with Crippen LogP contribution in [0.2, 0.25) is 0 Å². The van der Waals surface area contributed by atoms with Crippen LogP contribution >= 0.6 is 0 Å². The highest BCUT2D eigenvalue weighted by Crippen LogP contribution is 2.53. The molecule has 5 nitrogen and oxygen atoms in total. The molecule has 164 valence electrons. The molecule has 4 fully saturated rings. The first-order valence-electron chi connectivity index (χ1n) is 12.0. The van der Waals surface area contributed by atoms with Crippen LogP contribution in [0.1, 0.15) is 48.0 Å². The van der Waals surface area contributed by atoms with Gasteiger partial charge in [0, 0.05) is 18.8 Å². The number of anilines is 1. The molecule has 0 aliphatic heterocycles. The lowest BCUT2D eigenvalue weighted by molar-refractivity contribution is -0.0119. The van der Waals surface area contributed by atoms with Crippen LogP contribution in [0.3, 0.4) is 0 Å². The summed E-state index contributed by atoms with van der Waals surface area (Å²) in [6.45, 7) is 0.630. The minimum absolute atomic E-state index is 0.000200. The molecule has 1 aromatic heterocycles. The summed E-state index contributed by atoms with van der Waals surface area (Å²) in [5, 5.41) is 11.6. The van der Waals surface area contributed by atoms with Crippen LogP contribution in [0, 0.1) is 23.7 Å². The van der Waals surface area contributed by atoms with Crippen molar-refractivity contribution in [2.24, 2.45) is 23.7 Å². The molecule has 0 atom stereocenters. The van der Waals surface area contributed by atoms with Crippen LogP contribution in [0.15, 0.2) is 66.9 Å². The van der Waals surface area contributed by atoms with E-state index in [2.05, 4.69) is 22.8 Å². The van der Waals surface area contributed by atoms with Crippen LogP contribution in [-0.2, 0) is 6.54 Å². The minimum atomic E-state index is 0.000200. The standard InChI is InChI=1S/C27H30N4O/c32-27(29-25-21-12-19-11-20(14-21)15-22(25)13-19)24-17-31(23-9-5-2-6-10-23)30-26(24)28-16-18-7-3-1-4-8-18/h1-10,17,19-22,25H,11-16H2,(H,28,30)(H,29,32). The molecule has 2 aromatic carbocycles. The smallest absolute Gasteiger partial charge is 0.256 e. The number of rotatable bonds is 6. The number of hydrogen-bond acceptors (Lipinski definition) is 3. The molecule has 4 aliphatic carbocycles. The van der Waals surface area contributed by atoms with Gasteiger partial charge in [-0.15, -0.1) is 5.10 Å². The lowest BCUT2D eigenvalue weighted by atomic mass is 9.54. The predicted octanol–water partition coefficient (Wildman–Crippen LogP) is 5.04. The van der Waals surface area contributed by atoms with Crippen molar-refractivity contribution in [1.82, 2.24) is 15.1 Å². The molecule has 0 radical (unpaired) electrons. The Bertz CT molecular complexity index is 1060. The van der Waals surface area contributed by atoms with Gasteiger partial charge in [-0.25, -0.2) is 4.68 Å². The number of carbonyl (C=O) groups excluding carboxylic acids is 1. The number of amides is 1. The van der Waals surface area contributed by atoms with Crippen molar-refractivity contribution in [2.75, 3.05) is 5.32 Å². The summed E-state index contributed by atoms with van der Waals surface area (Å²) < 4.78 is 1.80. The Balaban J connectivity index is 1.25. The number of carbonyl (C=O) groups is 1. The summed E-state index contributed by atoms with van der Waals surface area (Å²) in [7, 11) is 0. The van der Waals surface area contributed by atoms with Crippen molar-refractivity contribution in [3.8, 4) is 5.69 Å². The molecule has 4 saturated carbocycles. The van der Waals surface area contributed by atoms with E-state index in [-0.39, 0.29) is 5.91 Å². The van der Waals surface area contributed by atoms with E-state index in [0.29, 0.717) is 35.8 Å². The highest BCUT2D eigenvalue weighted by atomic mass is 16.1. The number of hydrogen-bond donors (Lipinski definition) is 2. The van der Waals surface area contributed by atoms with Crippen LogP contribution in [0.4, 0.5) is 5.82 Å². The molecule has 1 amide bonds. The van der Waals surface area contributed by atoms with Gasteiger partial charge in [0.1, 0.15) is 5.56 Å². The van der Waals surface area contributed by atoms with Gasteiger partial charge in [-0.05, 0) is 73.5 Å². The van der Waals surface area contributed by atoms with E-state index in [1.54, 1.807) is 4.68 Å². The highest BCUT2D eigenvalue weighted by molar-refractivity contribution is 5.99. The number of nitrogens with zero attached hydrogens (tertiary/aromatic N) is 2. The zero-order chi connectivity index (χ0) is 21.5. The Morgan fingerprint density at radius 2 is 1.50 bits per heavy atom. The fourth-order valence-electron chi connectivity index (χ4n) is 6.56. The molecule has 4 bridgehead atoms. The Morgan fingerprint density at radius 3 is 2.16 bits per heavy atom. The molecular formula is C27H30N4O. The first-order chi connectivity index (χ1) is 15.7. The number of aromatic nitrogens is 2. The molecule has 1 heterocycles. The van der Waals surface area contributed by atoms with E-state index in [4.69, 9.17) is 5.10 Å². The van der Waals surface area contributed by atoms with Crippen molar-refractivity contribution < 1.29 is 4.79 Å². The van der Waals surface area contributed by atoms with E-state index in [0.717, 1.165) is 23.1 Å². The Hall–Kier alpha value is -3.08. The molecule has 2 N–H and O–H groups in total. The van der Waals surface area contributed by atoms with Crippen LogP contribution in [0.5, 0.6) is 0 Å². The first kappa shape index (κ1) is 19.6. The van der Waals surface area contributed by atoms with Gasteiger partial charge in [-0.1, -0.05) is 48.5 Å². The van der Waals surface area contributed by atoms with Gasteiger partial charge < -0.3 is 10.6 Å². The normalized spacial score (nSPS) is 27.9. The Kier molecular flexibility index (Phi) is 4.97. The van der Waals surface area contributed by atoms with Crippen molar-refractivity contribution in [3.63, 3.8) is 0 Å². The summed E-state index contributed by atoms with van der Waals surface area (Å²) in [5.74, 6) is 3.74. The maximum Gasteiger partial charge on any atom is 0.256 e. The summed E-state index contributed by atoms with van der Waals surface area (Å²) in [4.78, 5) is 13.5. The van der Waals surface area contributed by atoms with Crippen LogP contribution in [-0.4, -0.2) is 21.7 Å². The van der Waals surface area contributed by atoms with Gasteiger partial charge in [0.05, 0.1) is 5.69 Å². The third-order valence-corrected chi connectivity index (χ3v) is 7.81. The predicted molar refractivity (Wildman–Crippen MR) is 126 cm³/mol. The van der Waals surface area contributed by atoms with Gasteiger partial charge in [0.2, 0.25) is 0 Å². The lowest BCUT2D eigenvalue weighted by Gasteiger charge is -2.54. The van der Waals surface area contributed by atoms with Crippen molar-refractivity contribution in [1.29, 1.82) is 0 Å². The second-order valence-electron chi connectivity index (χ2n) is 9.94. The van der Waals surface area contributed by atoms with Crippen LogP contribution in [0.25, 0.3) is 5.69 Å². The van der Waals surface area contributed by atoms with Crippen molar-refractivity contribution in [3.05, 3.63) is 78.0 Å². The molecule has 0 spiro atoms. The topological polar surface area (TPSA) is 59.0 Å².